The lowest BCUT2D eigenvalue weighted by atomic mass is 10.1. The van der Waals surface area contributed by atoms with Crippen molar-refractivity contribution >= 4 is 50.1 Å². The third-order valence-electron chi connectivity index (χ3n) is 6.33. The summed E-state index contributed by atoms with van der Waals surface area (Å²) in [5, 5.41) is -0.0250. The molecule has 0 aliphatic carbocycles. The van der Waals surface area contributed by atoms with Crippen molar-refractivity contribution in [3.8, 4) is 11.1 Å². The Balaban J connectivity index is 1.40. The van der Waals surface area contributed by atoms with Crippen molar-refractivity contribution in [1.29, 1.82) is 0 Å². The van der Waals surface area contributed by atoms with Crippen LogP contribution in [0.2, 0.25) is 5.15 Å². The predicted octanol–water partition coefficient (Wildman–Crippen LogP) is 4.34. The highest BCUT2D eigenvalue weighted by atomic mass is 35.5. The number of hydrogen-bond acceptors (Lipinski definition) is 7. The average Bonchev–Trinajstić information content (AvgIpc) is 2.93. The number of hydrogen-bond donors (Lipinski definition) is 1. The van der Waals surface area contributed by atoms with Crippen LogP contribution < -0.4 is 9.62 Å². The smallest absolute Gasteiger partial charge is 0.261 e. The van der Waals surface area contributed by atoms with E-state index in [0.29, 0.717) is 49.2 Å². The van der Waals surface area contributed by atoms with E-state index in [1.165, 1.54) is 12.1 Å². The summed E-state index contributed by atoms with van der Waals surface area (Å²) in [5.41, 5.74) is 2.82. The van der Waals surface area contributed by atoms with Crippen LogP contribution in [-0.4, -0.2) is 60.4 Å². The molecule has 1 aliphatic rings. The number of benzene rings is 2. The molecule has 1 fully saturated rings. The Morgan fingerprint density at radius 1 is 0.974 bits per heavy atom. The van der Waals surface area contributed by atoms with Crippen LogP contribution in [0.25, 0.3) is 22.2 Å². The molecule has 12 heteroatoms. The summed E-state index contributed by atoms with van der Waals surface area (Å²) < 4.78 is 41.2. The Morgan fingerprint density at radius 3 is 2.42 bits per heavy atom. The molecule has 2 aromatic carbocycles. The summed E-state index contributed by atoms with van der Waals surface area (Å²) in [6, 6.07) is 11.6. The summed E-state index contributed by atoms with van der Waals surface area (Å²) in [7, 11) is -4.01. The molecule has 0 radical (unpaired) electrons. The number of halogens is 2. The number of amides is 1. The van der Waals surface area contributed by atoms with E-state index in [2.05, 4.69) is 19.6 Å². The highest BCUT2D eigenvalue weighted by molar-refractivity contribution is 7.92. The van der Waals surface area contributed by atoms with Crippen molar-refractivity contribution in [2.45, 2.75) is 18.2 Å². The highest BCUT2D eigenvalue weighted by Gasteiger charge is 2.21. The lowest BCUT2D eigenvalue weighted by Gasteiger charge is -2.35. The van der Waals surface area contributed by atoms with E-state index in [1.807, 2.05) is 30.0 Å². The summed E-state index contributed by atoms with van der Waals surface area (Å²) in [5.74, 6) is 0.331. The van der Waals surface area contributed by atoms with Gasteiger partial charge in [0.05, 0.1) is 27.8 Å². The number of carbonyl (C=O) groups is 1. The zero-order valence-electron chi connectivity index (χ0n) is 20.4. The maximum absolute atomic E-state index is 13.2. The largest absolute Gasteiger partial charge is 0.352 e. The predicted molar refractivity (Wildman–Crippen MR) is 144 cm³/mol. The van der Waals surface area contributed by atoms with Crippen molar-refractivity contribution < 1.29 is 17.6 Å². The molecular weight excluding hydrogens is 531 g/mol. The summed E-state index contributed by atoms with van der Waals surface area (Å²) in [4.78, 5) is 29.3. The minimum atomic E-state index is -4.01. The molecule has 196 valence electrons. The first-order chi connectivity index (χ1) is 18.2. The molecule has 38 heavy (non-hydrogen) atoms. The topological polar surface area (TPSA) is 108 Å². The van der Waals surface area contributed by atoms with E-state index in [4.69, 9.17) is 16.6 Å². The second-order valence-corrected chi connectivity index (χ2v) is 10.8. The zero-order chi connectivity index (χ0) is 26.9. The van der Waals surface area contributed by atoms with Gasteiger partial charge in [-0.05, 0) is 48.0 Å². The van der Waals surface area contributed by atoms with Crippen molar-refractivity contribution in [2.24, 2.45) is 0 Å². The van der Waals surface area contributed by atoms with Gasteiger partial charge in [-0.25, -0.2) is 22.8 Å². The molecule has 1 saturated heterocycles. The molecule has 0 saturated carbocycles. The molecule has 0 spiro atoms. The number of carbonyl (C=O) groups excluding carboxylic acids is 1. The number of nitrogens with zero attached hydrogens (tertiary/aromatic N) is 5. The van der Waals surface area contributed by atoms with Crippen molar-refractivity contribution in [2.75, 3.05) is 35.8 Å². The minimum absolute atomic E-state index is 0.0250. The minimum Gasteiger partial charge on any atom is -0.352 e. The standard InChI is InChI=1S/C26H24ClFN6O3S/c1-2-25(35)34-11-9-33(10-12-34)24-16-29-21-8-3-17(13-22(21)31-24)18-14-23(26(27)30-15-18)32-38(36,37)20-6-4-19(28)5-7-20/h3-8,13-16,32H,2,9-12H2,1H3. The molecule has 3 heterocycles. The fourth-order valence-electron chi connectivity index (χ4n) is 4.24. The van der Waals surface area contributed by atoms with Gasteiger partial charge in [0.1, 0.15) is 11.6 Å². The van der Waals surface area contributed by atoms with Crippen molar-refractivity contribution in [3.05, 3.63) is 71.9 Å². The number of nitrogens with one attached hydrogen (secondary N) is 1. The van der Waals surface area contributed by atoms with Crippen molar-refractivity contribution in [1.82, 2.24) is 19.9 Å². The van der Waals surface area contributed by atoms with Gasteiger partial charge in [0.15, 0.2) is 5.15 Å². The quantitative estimate of drug-likeness (QED) is 0.353. The van der Waals surface area contributed by atoms with Crippen LogP contribution in [0, 0.1) is 5.82 Å². The number of rotatable bonds is 6. The molecule has 0 unspecified atom stereocenters. The first-order valence-corrected chi connectivity index (χ1v) is 13.8. The molecule has 9 nitrogen and oxygen atoms in total. The zero-order valence-corrected chi connectivity index (χ0v) is 22.0. The van der Waals surface area contributed by atoms with Crippen LogP contribution in [0.15, 0.2) is 65.8 Å². The van der Waals surface area contributed by atoms with Crippen LogP contribution in [0.5, 0.6) is 0 Å². The Kier molecular flexibility index (Phi) is 7.13. The maximum atomic E-state index is 13.2. The first kappa shape index (κ1) is 25.8. The SMILES string of the molecule is CCC(=O)N1CCN(c2cnc3ccc(-c4cnc(Cl)c(NS(=O)(=O)c5ccc(F)cc5)c4)cc3n2)CC1. The van der Waals surface area contributed by atoms with Gasteiger partial charge < -0.3 is 9.80 Å². The molecular formula is C26H24ClFN6O3S. The molecule has 1 amide bonds. The lowest BCUT2D eigenvalue weighted by Crippen LogP contribution is -2.48. The highest BCUT2D eigenvalue weighted by Crippen LogP contribution is 2.30. The van der Waals surface area contributed by atoms with Gasteiger partial charge in [0.25, 0.3) is 10.0 Å². The van der Waals surface area contributed by atoms with Crippen LogP contribution >= 0.6 is 11.6 Å². The van der Waals surface area contributed by atoms with Gasteiger partial charge in [-0.3, -0.25) is 14.5 Å². The average molecular weight is 555 g/mol. The van der Waals surface area contributed by atoms with Crippen LogP contribution in [-0.2, 0) is 14.8 Å². The number of fused-ring (bicyclic) bond motifs is 1. The summed E-state index contributed by atoms with van der Waals surface area (Å²) in [6.45, 7) is 4.48. The number of aromatic nitrogens is 3. The molecule has 0 atom stereocenters. The maximum Gasteiger partial charge on any atom is 0.261 e. The van der Waals surface area contributed by atoms with E-state index in [0.717, 1.165) is 23.5 Å². The molecule has 5 rings (SSSR count). The normalized spacial score (nSPS) is 14.1. The van der Waals surface area contributed by atoms with E-state index >= 15 is 0 Å². The van der Waals surface area contributed by atoms with Gasteiger partial charge in [-0.15, -0.1) is 0 Å². The number of sulfonamides is 1. The molecule has 2 aromatic heterocycles. The lowest BCUT2D eigenvalue weighted by molar-refractivity contribution is -0.131. The van der Waals surface area contributed by atoms with Gasteiger partial charge in [0.2, 0.25) is 5.91 Å². The second kappa shape index (κ2) is 10.5. The first-order valence-electron chi connectivity index (χ1n) is 12.0. The second-order valence-electron chi connectivity index (χ2n) is 8.77. The van der Waals surface area contributed by atoms with Gasteiger partial charge >= 0.3 is 0 Å². The summed E-state index contributed by atoms with van der Waals surface area (Å²) >= 11 is 6.19. The Bertz CT molecular complexity index is 1610. The Hall–Kier alpha value is -3.83. The monoisotopic (exact) mass is 554 g/mol. The Morgan fingerprint density at radius 2 is 1.71 bits per heavy atom. The number of anilines is 2. The number of piperazine rings is 1. The van der Waals surface area contributed by atoms with Crippen LogP contribution in [0.1, 0.15) is 13.3 Å². The van der Waals surface area contributed by atoms with E-state index < -0.39 is 15.8 Å². The molecule has 4 aromatic rings. The number of pyridine rings is 1. The molecule has 1 aliphatic heterocycles. The van der Waals surface area contributed by atoms with E-state index in [9.17, 15) is 17.6 Å². The van der Waals surface area contributed by atoms with E-state index in [1.54, 1.807) is 18.5 Å². The van der Waals surface area contributed by atoms with Gasteiger partial charge in [0, 0.05) is 44.4 Å². The van der Waals surface area contributed by atoms with Crippen molar-refractivity contribution in [3.63, 3.8) is 0 Å². The fourth-order valence-corrected chi connectivity index (χ4v) is 5.50. The van der Waals surface area contributed by atoms with E-state index in [-0.39, 0.29) is 21.6 Å². The molecule has 0 bridgehead atoms. The summed E-state index contributed by atoms with van der Waals surface area (Å²) in [6.07, 6.45) is 3.76. The van der Waals surface area contributed by atoms with Crippen LogP contribution in [0.4, 0.5) is 15.9 Å². The molecule has 1 N–H and O–H groups in total. The fraction of sp³-hybridized carbons (Fsp3) is 0.231. The van der Waals surface area contributed by atoms with Crippen LogP contribution in [0.3, 0.4) is 0 Å². The van der Waals surface area contributed by atoms with Gasteiger partial charge in [-0.1, -0.05) is 24.6 Å². The third kappa shape index (κ3) is 5.39. The Labute approximate surface area is 224 Å². The third-order valence-corrected chi connectivity index (χ3v) is 8.01. The van der Waals surface area contributed by atoms with Gasteiger partial charge in [-0.2, -0.15) is 0 Å².